The van der Waals surface area contributed by atoms with Crippen molar-refractivity contribution in [1.82, 2.24) is 53.2 Å². The highest BCUT2D eigenvalue weighted by molar-refractivity contribution is 5.80. The van der Waals surface area contributed by atoms with E-state index >= 15 is 0 Å². The molecule has 0 aliphatic carbocycles. The summed E-state index contributed by atoms with van der Waals surface area (Å²) in [4.78, 5) is 130. The quantitative estimate of drug-likeness (QED) is 0.0270. The highest BCUT2D eigenvalue weighted by Crippen LogP contribution is 2.25. The smallest absolute Gasteiger partial charge is 0.246 e. The summed E-state index contributed by atoms with van der Waals surface area (Å²) in [6.07, 6.45) is 0.797. The van der Waals surface area contributed by atoms with Crippen LogP contribution in [0.15, 0.2) is 18.2 Å². The topological polar surface area (TPSA) is 557 Å². The van der Waals surface area contributed by atoms with Gasteiger partial charge in [0.2, 0.25) is 65.0 Å². The zero-order chi connectivity index (χ0) is 85.0. The Hall–Kier alpha value is -7.85. The normalized spacial score (nSPS) is 11.0. The molecule has 13 N–H and O–H groups in total. The van der Waals surface area contributed by atoms with Crippen molar-refractivity contribution in [2.75, 3.05) is 343 Å². The van der Waals surface area contributed by atoms with Crippen molar-refractivity contribution in [3.63, 3.8) is 0 Å². The number of carbonyl (C=O) groups is 11. The number of primary amides is 1. The van der Waals surface area contributed by atoms with Gasteiger partial charge in [-0.15, -0.1) is 0 Å². The molecule has 0 unspecified atom stereocenters. The van der Waals surface area contributed by atoms with Crippen LogP contribution < -0.4 is 68.4 Å². The highest BCUT2D eigenvalue weighted by Gasteiger charge is 2.12. The highest BCUT2D eigenvalue weighted by atomic mass is 16.6. The van der Waals surface area contributed by atoms with Crippen LogP contribution in [0.4, 0.5) is 0 Å². The van der Waals surface area contributed by atoms with Crippen molar-refractivity contribution in [3.8, 4) is 11.5 Å². The molecule has 45 nitrogen and oxygen atoms in total. The standard InChI is InChI=1S/C72H127N11O34/c1-96-61-47-60(5-4-59(61)48-84)117-16-2-3-63(86)74-6-17-97-28-38-108-50-65(88)76-8-19-99-30-40-110-52-67(90)78-10-21-101-32-42-112-54-69(92)80-12-23-103-34-44-114-56-71(94)82-14-25-105-36-46-116-58-72(95)83-15-26-106-35-45-115-57-70(93)81-13-24-104-33-43-113-55-68(91)79-11-22-102-31-41-111-53-66(89)77-9-20-100-29-39-109-51-64(87)75-7-18-98-27-37-107-49-62(73)85/h4-5,47,84H,2-3,6-46,48-58H2,1H3,(H2,73,85)(H,74,86)(H,75,87)(H,76,88)(H,77,89)(H,78,90)(H,79,91)(H,80,92)(H,81,93)(H,82,94)(H,83,95). The van der Waals surface area contributed by atoms with Crippen LogP contribution >= 0.6 is 0 Å². The van der Waals surface area contributed by atoms with Crippen LogP contribution in [0.25, 0.3) is 0 Å². The molecule has 674 valence electrons. The van der Waals surface area contributed by atoms with Crippen LogP contribution in [0.5, 0.6) is 11.5 Å². The summed E-state index contributed by atoms with van der Waals surface area (Å²) in [5.41, 5.74) is 5.61. The summed E-state index contributed by atoms with van der Waals surface area (Å²) in [5.74, 6) is -2.58. The predicted molar refractivity (Wildman–Crippen MR) is 409 cm³/mol. The monoisotopic (exact) mass is 1690 g/mol. The number of aliphatic hydroxyl groups is 1. The van der Waals surface area contributed by atoms with Gasteiger partial charge in [0.1, 0.15) is 77.6 Å². The maximum Gasteiger partial charge on any atom is 0.246 e. The van der Waals surface area contributed by atoms with Gasteiger partial charge in [-0.05, 0) is 18.6 Å². The second-order valence-electron chi connectivity index (χ2n) is 23.7. The summed E-state index contributed by atoms with van der Waals surface area (Å²) < 4.78 is 117. The van der Waals surface area contributed by atoms with Crippen molar-refractivity contribution < 1.29 is 162 Å². The molecule has 0 fully saturated rings. The minimum absolute atomic E-state index is 0.130. The van der Waals surface area contributed by atoms with E-state index in [0.717, 1.165) is 0 Å². The lowest BCUT2D eigenvalue weighted by Crippen LogP contribution is -2.33. The van der Waals surface area contributed by atoms with E-state index < -0.39 is 5.91 Å². The number of methoxy groups -OCH3 is 1. The molecule has 1 aromatic carbocycles. The van der Waals surface area contributed by atoms with Gasteiger partial charge in [0, 0.05) is 83.5 Å². The van der Waals surface area contributed by atoms with Gasteiger partial charge in [0.05, 0.1) is 219 Å². The molecule has 1 rings (SSSR count). The molecule has 0 heterocycles. The summed E-state index contributed by atoms with van der Waals surface area (Å²) in [5, 5.41) is 36.0. The molecule has 0 aromatic heterocycles. The number of amides is 11. The van der Waals surface area contributed by atoms with Crippen LogP contribution in [-0.4, -0.2) is 414 Å². The SMILES string of the molecule is COc1cc(OCCCC(=O)NCCOCCOCC(=O)NCCOCCOCC(=O)NCCOCCOCC(=O)NCCOCCOCC(=O)NCCOCCOCC(=O)NCCOCCOCC(=O)NCCOCCOCC(=O)NCCOCCOCC(=O)NCCOCCOCC(=O)NCCOCCOCC(N)=O)ccc1CO. The van der Waals surface area contributed by atoms with Crippen molar-refractivity contribution in [3.05, 3.63) is 23.8 Å². The fourth-order valence-corrected chi connectivity index (χ4v) is 8.40. The summed E-state index contributed by atoms with van der Waals surface area (Å²) in [6.45, 7) is 7.32. The Morgan fingerprint density at radius 2 is 0.462 bits per heavy atom. The first-order valence-electron chi connectivity index (χ1n) is 38.5. The van der Waals surface area contributed by atoms with Crippen molar-refractivity contribution in [1.29, 1.82) is 0 Å². The van der Waals surface area contributed by atoms with Crippen LogP contribution in [0.1, 0.15) is 18.4 Å². The number of nitrogens with one attached hydrogen (secondary N) is 10. The fraction of sp³-hybridized carbons (Fsp3) is 0.764. The Bertz CT molecular complexity index is 2720. The second-order valence-corrected chi connectivity index (χ2v) is 23.7. The molecular formula is C72H127N11O34. The lowest BCUT2D eigenvalue weighted by Gasteiger charge is -2.11. The first-order chi connectivity index (χ1) is 57.1. The van der Waals surface area contributed by atoms with Gasteiger partial charge < -0.3 is 168 Å². The fourth-order valence-electron chi connectivity index (χ4n) is 8.40. The first-order valence-corrected chi connectivity index (χ1v) is 38.5. The Balaban J connectivity index is 1.76. The summed E-state index contributed by atoms with van der Waals surface area (Å²) in [7, 11) is 1.51. The number of benzene rings is 1. The molecule has 117 heavy (non-hydrogen) atoms. The largest absolute Gasteiger partial charge is 0.496 e. The van der Waals surface area contributed by atoms with Crippen LogP contribution in [0, 0.1) is 0 Å². The van der Waals surface area contributed by atoms with Gasteiger partial charge in [-0.2, -0.15) is 0 Å². The lowest BCUT2D eigenvalue weighted by molar-refractivity contribution is -0.128. The number of rotatable bonds is 87. The number of hydrogen-bond donors (Lipinski definition) is 12. The Morgan fingerprint density at radius 3 is 0.658 bits per heavy atom. The van der Waals surface area contributed by atoms with E-state index in [9.17, 15) is 57.8 Å². The van der Waals surface area contributed by atoms with E-state index in [1.807, 2.05) is 0 Å². The minimum Gasteiger partial charge on any atom is -0.496 e. The molecule has 11 amide bonds. The summed E-state index contributed by atoms with van der Waals surface area (Å²) in [6, 6.07) is 5.14. The molecule has 0 radical (unpaired) electrons. The third kappa shape index (κ3) is 76.6. The van der Waals surface area contributed by atoms with Gasteiger partial charge in [-0.3, -0.25) is 52.7 Å². The third-order valence-electron chi connectivity index (χ3n) is 14.0. The minimum atomic E-state index is -0.562. The first kappa shape index (κ1) is 107. The molecule has 0 aliphatic heterocycles. The zero-order valence-corrected chi connectivity index (χ0v) is 67.4. The van der Waals surface area contributed by atoms with Crippen molar-refractivity contribution in [2.24, 2.45) is 5.73 Å². The molecule has 0 spiro atoms. The average molecular weight is 1690 g/mol. The number of ether oxygens (including phenoxy) is 22. The van der Waals surface area contributed by atoms with Gasteiger partial charge in [0.25, 0.3) is 0 Å². The molecular weight excluding hydrogens is 1560 g/mol. The van der Waals surface area contributed by atoms with E-state index in [2.05, 4.69) is 53.2 Å². The molecule has 0 saturated heterocycles. The lowest BCUT2D eigenvalue weighted by atomic mass is 10.2. The summed E-state index contributed by atoms with van der Waals surface area (Å²) >= 11 is 0. The van der Waals surface area contributed by atoms with Crippen LogP contribution in [0.3, 0.4) is 0 Å². The number of carbonyl (C=O) groups excluding carboxylic acids is 11. The Labute approximate surface area is 681 Å². The van der Waals surface area contributed by atoms with E-state index in [1.165, 1.54) is 7.11 Å². The van der Waals surface area contributed by atoms with Crippen LogP contribution in [-0.2, 0) is 154 Å². The van der Waals surface area contributed by atoms with E-state index in [4.69, 9.17) is 110 Å². The number of hydrogen-bond acceptors (Lipinski definition) is 34. The van der Waals surface area contributed by atoms with Gasteiger partial charge in [-0.25, -0.2) is 0 Å². The van der Waals surface area contributed by atoms with Gasteiger partial charge in [-0.1, -0.05) is 0 Å². The molecule has 0 aliphatic rings. The van der Waals surface area contributed by atoms with E-state index in [0.29, 0.717) is 36.6 Å². The molecule has 45 heteroatoms. The molecule has 1 aromatic rings. The molecule has 0 saturated carbocycles. The molecule has 0 atom stereocenters. The van der Waals surface area contributed by atoms with Crippen molar-refractivity contribution in [2.45, 2.75) is 19.4 Å². The maximum absolute atomic E-state index is 12.1. The van der Waals surface area contributed by atoms with E-state index in [1.54, 1.807) is 18.2 Å². The third-order valence-corrected chi connectivity index (χ3v) is 14.0. The van der Waals surface area contributed by atoms with E-state index in [-0.39, 0.29) is 395 Å². The zero-order valence-electron chi connectivity index (χ0n) is 67.4. The number of aliphatic hydroxyl groups excluding tert-OH is 1. The Morgan fingerprint density at radius 1 is 0.265 bits per heavy atom. The predicted octanol–water partition coefficient (Wildman–Crippen LogP) is -7.67. The van der Waals surface area contributed by atoms with Crippen molar-refractivity contribution >= 4 is 65.0 Å². The number of nitrogens with two attached hydrogens (primary N) is 1. The van der Waals surface area contributed by atoms with Gasteiger partial charge >= 0.3 is 0 Å². The molecule has 0 bridgehead atoms. The Kier molecular flexibility index (Phi) is 75.0. The maximum atomic E-state index is 12.1. The average Bonchev–Trinajstić information content (AvgIpc) is 0.869. The van der Waals surface area contributed by atoms with Crippen LogP contribution in [0.2, 0.25) is 0 Å². The second kappa shape index (κ2) is 81.9. The van der Waals surface area contributed by atoms with Gasteiger partial charge in [0.15, 0.2) is 0 Å².